The molecule has 1 heterocycles. The van der Waals surface area contributed by atoms with Gasteiger partial charge in [-0.15, -0.1) is 0 Å². The monoisotopic (exact) mass is 361 g/mol. The maximum atomic E-state index is 12.4. The Hall–Kier alpha value is -1.83. The van der Waals surface area contributed by atoms with Crippen LogP contribution in [0.1, 0.15) is 15.9 Å². The number of halogens is 4. The van der Waals surface area contributed by atoms with Crippen molar-refractivity contribution in [2.75, 3.05) is 6.54 Å². The van der Waals surface area contributed by atoms with Gasteiger partial charge in [0.15, 0.2) is 0 Å². The van der Waals surface area contributed by atoms with Crippen LogP contribution in [0.4, 0.5) is 13.2 Å². The highest BCUT2D eigenvalue weighted by Gasteiger charge is 2.30. The minimum Gasteiger partial charge on any atom is -0.350 e. The Morgan fingerprint density at radius 3 is 2.48 bits per heavy atom. The lowest BCUT2D eigenvalue weighted by atomic mass is 10.1. The summed E-state index contributed by atoms with van der Waals surface area (Å²) >= 11 is 3.25. The van der Waals surface area contributed by atoms with Crippen molar-refractivity contribution < 1.29 is 18.0 Å². The van der Waals surface area contributed by atoms with Crippen LogP contribution in [0.25, 0.3) is 0 Å². The van der Waals surface area contributed by atoms with E-state index in [0.717, 1.165) is 28.7 Å². The van der Waals surface area contributed by atoms with E-state index in [0.29, 0.717) is 13.1 Å². The number of amides is 1. The summed E-state index contributed by atoms with van der Waals surface area (Å²) < 4.78 is 39.7. The topological polar surface area (TPSA) is 46.9 Å². The SMILES string of the molecule is O=C(NCCn1cc(Br)cn1)c1ccc(C(F)(F)F)cc1. The molecule has 0 aliphatic rings. The van der Waals surface area contributed by atoms with E-state index in [9.17, 15) is 18.0 Å². The van der Waals surface area contributed by atoms with Crippen molar-refractivity contribution in [3.8, 4) is 0 Å². The number of aromatic nitrogens is 2. The van der Waals surface area contributed by atoms with Gasteiger partial charge in [-0.3, -0.25) is 9.48 Å². The van der Waals surface area contributed by atoms with E-state index in [4.69, 9.17) is 0 Å². The molecule has 0 fully saturated rings. The number of carbonyl (C=O) groups is 1. The molecule has 0 saturated heterocycles. The summed E-state index contributed by atoms with van der Waals surface area (Å²) in [6, 6.07) is 4.09. The van der Waals surface area contributed by atoms with Crippen LogP contribution in [0.15, 0.2) is 41.1 Å². The van der Waals surface area contributed by atoms with Crippen molar-refractivity contribution in [3.63, 3.8) is 0 Å². The molecule has 2 aromatic rings. The Labute approximate surface area is 127 Å². The quantitative estimate of drug-likeness (QED) is 0.909. The number of hydrogen-bond donors (Lipinski definition) is 1. The normalized spacial score (nSPS) is 11.4. The van der Waals surface area contributed by atoms with E-state index in [2.05, 4.69) is 26.3 Å². The van der Waals surface area contributed by atoms with Crippen molar-refractivity contribution in [1.82, 2.24) is 15.1 Å². The third kappa shape index (κ3) is 4.32. The number of hydrogen-bond acceptors (Lipinski definition) is 2. The summed E-state index contributed by atoms with van der Waals surface area (Å²) in [4.78, 5) is 11.8. The third-order valence-corrected chi connectivity index (χ3v) is 3.11. The number of benzene rings is 1. The molecule has 0 bridgehead atoms. The van der Waals surface area contributed by atoms with Crippen molar-refractivity contribution in [3.05, 3.63) is 52.3 Å². The molecule has 1 aromatic heterocycles. The summed E-state index contributed by atoms with van der Waals surface area (Å²) in [5.41, 5.74) is -0.593. The average Bonchev–Trinajstić information content (AvgIpc) is 2.83. The molecule has 1 amide bonds. The van der Waals surface area contributed by atoms with Crippen LogP contribution in [0.2, 0.25) is 0 Å². The second-order valence-electron chi connectivity index (χ2n) is 4.25. The molecule has 0 saturated carbocycles. The van der Waals surface area contributed by atoms with E-state index in [1.54, 1.807) is 17.1 Å². The van der Waals surface area contributed by atoms with Gasteiger partial charge in [0.25, 0.3) is 5.91 Å². The van der Waals surface area contributed by atoms with Gasteiger partial charge >= 0.3 is 6.18 Å². The van der Waals surface area contributed by atoms with Gasteiger partial charge in [-0.1, -0.05) is 0 Å². The van der Waals surface area contributed by atoms with Gasteiger partial charge in [-0.25, -0.2) is 0 Å². The van der Waals surface area contributed by atoms with Crippen LogP contribution in [0.5, 0.6) is 0 Å². The van der Waals surface area contributed by atoms with Crippen molar-refractivity contribution in [1.29, 1.82) is 0 Å². The zero-order valence-electron chi connectivity index (χ0n) is 10.7. The smallest absolute Gasteiger partial charge is 0.350 e. The van der Waals surface area contributed by atoms with Crippen molar-refractivity contribution in [2.24, 2.45) is 0 Å². The first kappa shape index (κ1) is 15.6. The predicted molar refractivity (Wildman–Crippen MR) is 73.7 cm³/mol. The van der Waals surface area contributed by atoms with Gasteiger partial charge in [-0.2, -0.15) is 18.3 Å². The Morgan fingerprint density at radius 2 is 1.95 bits per heavy atom. The first-order chi connectivity index (χ1) is 9.86. The van der Waals surface area contributed by atoms with Gasteiger partial charge in [0.05, 0.1) is 22.8 Å². The van der Waals surface area contributed by atoms with Gasteiger partial charge in [0, 0.05) is 18.3 Å². The highest BCUT2D eigenvalue weighted by molar-refractivity contribution is 9.10. The number of nitrogens with one attached hydrogen (secondary N) is 1. The molecular weight excluding hydrogens is 351 g/mol. The lowest BCUT2D eigenvalue weighted by molar-refractivity contribution is -0.137. The van der Waals surface area contributed by atoms with E-state index < -0.39 is 17.6 Å². The van der Waals surface area contributed by atoms with Gasteiger partial charge in [0.2, 0.25) is 0 Å². The van der Waals surface area contributed by atoms with E-state index in [-0.39, 0.29) is 5.56 Å². The molecule has 0 aliphatic carbocycles. The lowest BCUT2D eigenvalue weighted by Gasteiger charge is -2.08. The number of nitrogens with zero attached hydrogens (tertiary/aromatic N) is 2. The molecule has 0 aliphatic heterocycles. The summed E-state index contributed by atoms with van der Waals surface area (Å²) in [7, 11) is 0. The predicted octanol–water partition coefficient (Wildman–Crippen LogP) is 3.09. The molecular formula is C13H11BrF3N3O. The van der Waals surface area contributed by atoms with E-state index in [1.165, 1.54) is 0 Å². The molecule has 2 rings (SSSR count). The van der Waals surface area contributed by atoms with Crippen LogP contribution in [0.3, 0.4) is 0 Å². The Bertz CT molecular complexity index is 622. The minimum absolute atomic E-state index is 0.185. The third-order valence-electron chi connectivity index (χ3n) is 2.70. The maximum Gasteiger partial charge on any atom is 0.416 e. The zero-order chi connectivity index (χ0) is 15.5. The Kier molecular flexibility index (Phi) is 4.66. The molecule has 112 valence electrons. The standard InChI is InChI=1S/C13H11BrF3N3O/c14-11-7-19-20(8-11)6-5-18-12(21)9-1-3-10(4-2-9)13(15,16)17/h1-4,7-8H,5-6H2,(H,18,21). The summed E-state index contributed by atoms with van der Waals surface area (Å²) in [5, 5.41) is 6.64. The van der Waals surface area contributed by atoms with Crippen LogP contribution in [0, 0.1) is 0 Å². The maximum absolute atomic E-state index is 12.4. The van der Waals surface area contributed by atoms with Gasteiger partial charge in [0.1, 0.15) is 0 Å². The minimum atomic E-state index is -4.40. The first-order valence-corrected chi connectivity index (χ1v) is 6.79. The summed E-state index contributed by atoms with van der Waals surface area (Å²) in [5.74, 6) is -0.421. The zero-order valence-corrected chi connectivity index (χ0v) is 12.3. The Morgan fingerprint density at radius 1 is 1.29 bits per heavy atom. The van der Waals surface area contributed by atoms with Crippen LogP contribution < -0.4 is 5.32 Å². The van der Waals surface area contributed by atoms with Gasteiger partial charge < -0.3 is 5.32 Å². The number of rotatable bonds is 4. The molecule has 8 heteroatoms. The fourth-order valence-electron chi connectivity index (χ4n) is 1.66. The number of carbonyl (C=O) groups excluding carboxylic acids is 1. The largest absolute Gasteiger partial charge is 0.416 e. The summed E-state index contributed by atoms with van der Waals surface area (Å²) in [6.45, 7) is 0.798. The highest BCUT2D eigenvalue weighted by atomic mass is 79.9. The van der Waals surface area contributed by atoms with Crippen molar-refractivity contribution >= 4 is 21.8 Å². The van der Waals surface area contributed by atoms with E-state index in [1.807, 2.05) is 0 Å². The molecule has 0 spiro atoms. The van der Waals surface area contributed by atoms with Crippen molar-refractivity contribution in [2.45, 2.75) is 12.7 Å². The second-order valence-corrected chi connectivity index (χ2v) is 5.17. The highest BCUT2D eigenvalue weighted by Crippen LogP contribution is 2.29. The Balaban J connectivity index is 1.88. The fraction of sp³-hybridized carbons (Fsp3) is 0.231. The molecule has 1 N–H and O–H groups in total. The molecule has 21 heavy (non-hydrogen) atoms. The molecule has 0 radical (unpaired) electrons. The molecule has 0 unspecified atom stereocenters. The van der Waals surface area contributed by atoms with Crippen LogP contribution >= 0.6 is 15.9 Å². The molecule has 1 aromatic carbocycles. The van der Waals surface area contributed by atoms with E-state index >= 15 is 0 Å². The van der Waals surface area contributed by atoms with Crippen LogP contribution in [-0.2, 0) is 12.7 Å². The second kappa shape index (κ2) is 6.30. The number of alkyl halides is 3. The fourth-order valence-corrected chi connectivity index (χ4v) is 1.99. The first-order valence-electron chi connectivity index (χ1n) is 5.99. The average molecular weight is 362 g/mol. The molecule has 0 atom stereocenters. The molecule has 4 nitrogen and oxygen atoms in total. The van der Waals surface area contributed by atoms with Gasteiger partial charge in [-0.05, 0) is 40.2 Å². The summed E-state index contributed by atoms with van der Waals surface area (Å²) in [6.07, 6.45) is -1.02. The van der Waals surface area contributed by atoms with Crippen LogP contribution in [-0.4, -0.2) is 22.2 Å². The lowest BCUT2D eigenvalue weighted by Crippen LogP contribution is -2.27.